The number of aromatic nitrogens is 1. The van der Waals surface area contributed by atoms with E-state index in [1.165, 1.54) is 11.3 Å². The van der Waals surface area contributed by atoms with E-state index in [1.807, 2.05) is 13.8 Å². The van der Waals surface area contributed by atoms with Crippen molar-refractivity contribution >= 4 is 23.1 Å². The van der Waals surface area contributed by atoms with Crippen LogP contribution in [0.5, 0.6) is 0 Å². The first-order valence-electron chi connectivity index (χ1n) is 4.02. The molecule has 0 atom stereocenters. The molecule has 13 heavy (non-hydrogen) atoms. The molecule has 0 aliphatic carbocycles. The largest absolute Gasteiger partial charge is 0.372 e. The Hall–Kier alpha value is -0.940. The molecule has 1 N–H and O–H groups in total. The summed E-state index contributed by atoms with van der Waals surface area (Å²) in [6.45, 7) is 4.37. The van der Waals surface area contributed by atoms with Gasteiger partial charge in [-0.1, -0.05) is 0 Å². The number of nitrogens with one attached hydrogen (secondary N) is 1. The molecular weight excluding hydrogens is 188 g/mol. The van der Waals surface area contributed by atoms with Gasteiger partial charge in [0.15, 0.2) is 0 Å². The van der Waals surface area contributed by atoms with E-state index in [1.54, 1.807) is 5.38 Å². The third kappa shape index (κ3) is 3.52. The minimum absolute atomic E-state index is 0.0904. The normalized spacial score (nSPS) is 10.0. The van der Waals surface area contributed by atoms with E-state index < -0.39 is 0 Å². The molecule has 5 heteroatoms. The topological polar surface area (TPSA) is 51.2 Å². The Morgan fingerprint density at radius 2 is 2.54 bits per heavy atom. The number of rotatable bonds is 4. The molecular formula is C8H12N2O2S. The molecule has 1 aromatic rings. The molecule has 0 fully saturated rings. The van der Waals surface area contributed by atoms with Crippen LogP contribution in [-0.2, 0) is 9.53 Å². The van der Waals surface area contributed by atoms with Crippen LogP contribution >= 0.6 is 11.3 Å². The lowest BCUT2D eigenvalue weighted by atomic mass is 10.6. The Kier molecular flexibility index (Phi) is 3.85. The fourth-order valence-electron chi connectivity index (χ4n) is 0.795. The SMILES string of the molecule is CCOCC(=O)Nc1csc(C)n1. The van der Waals surface area contributed by atoms with E-state index >= 15 is 0 Å². The summed E-state index contributed by atoms with van der Waals surface area (Å²) in [6, 6.07) is 0. The summed E-state index contributed by atoms with van der Waals surface area (Å²) in [4.78, 5) is 15.2. The van der Waals surface area contributed by atoms with Crippen molar-refractivity contribution in [2.45, 2.75) is 13.8 Å². The molecule has 1 heterocycles. The van der Waals surface area contributed by atoms with Crippen molar-refractivity contribution in [2.24, 2.45) is 0 Å². The van der Waals surface area contributed by atoms with Gasteiger partial charge in [-0.25, -0.2) is 4.98 Å². The Bertz CT molecular complexity index is 285. The first kappa shape index (κ1) is 10.1. The molecule has 4 nitrogen and oxygen atoms in total. The van der Waals surface area contributed by atoms with Gasteiger partial charge >= 0.3 is 0 Å². The fourth-order valence-corrected chi connectivity index (χ4v) is 1.34. The summed E-state index contributed by atoms with van der Waals surface area (Å²) in [5.74, 6) is 0.444. The summed E-state index contributed by atoms with van der Waals surface area (Å²) in [5, 5.41) is 5.37. The van der Waals surface area contributed by atoms with E-state index in [-0.39, 0.29) is 12.5 Å². The standard InChI is InChI=1S/C8H12N2O2S/c1-3-12-4-8(11)10-7-5-13-6(2)9-7/h5H,3-4H2,1-2H3,(H,10,11). The van der Waals surface area contributed by atoms with Crippen LogP contribution in [0.4, 0.5) is 5.82 Å². The van der Waals surface area contributed by atoms with Gasteiger partial charge < -0.3 is 10.1 Å². The highest BCUT2D eigenvalue weighted by Crippen LogP contribution is 2.12. The summed E-state index contributed by atoms with van der Waals surface area (Å²) in [7, 11) is 0. The van der Waals surface area contributed by atoms with E-state index in [9.17, 15) is 4.79 Å². The molecule has 0 saturated carbocycles. The monoisotopic (exact) mass is 200 g/mol. The Balaban J connectivity index is 2.36. The van der Waals surface area contributed by atoms with Crippen molar-refractivity contribution in [2.75, 3.05) is 18.5 Å². The Morgan fingerprint density at radius 3 is 3.08 bits per heavy atom. The second-order valence-electron chi connectivity index (χ2n) is 2.44. The lowest BCUT2D eigenvalue weighted by molar-refractivity contribution is -0.120. The van der Waals surface area contributed by atoms with Crippen LogP contribution in [0.15, 0.2) is 5.38 Å². The maximum absolute atomic E-state index is 11.1. The molecule has 0 radical (unpaired) electrons. The number of hydrogen-bond donors (Lipinski definition) is 1. The van der Waals surface area contributed by atoms with E-state index in [0.717, 1.165) is 5.01 Å². The third-order valence-corrected chi connectivity index (χ3v) is 2.10. The lowest BCUT2D eigenvalue weighted by Gasteiger charge is -2.00. The second-order valence-corrected chi connectivity index (χ2v) is 3.50. The van der Waals surface area contributed by atoms with Crippen molar-refractivity contribution in [3.05, 3.63) is 10.4 Å². The zero-order valence-electron chi connectivity index (χ0n) is 7.66. The van der Waals surface area contributed by atoms with Crippen LogP contribution in [0.25, 0.3) is 0 Å². The molecule has 1 amide bonds. The molecule has 0 unspecified atom stereocenters. The number of carbonyl (C=O) groups excluding carboxylic acids is 1. The maximum Gasteiger partial charge on any atom is 0.251 e. The van der Waals surface area contributed by atoms with Gasteiger partial charge in [0.2, 0.25) is 0 Å². The number of hydrogen-bond acceptors (Lipinski definition) is 4. The molecule has 72 valence electrons. The predicted molar refractivity (Wildman–Crippen MR) is 52.0 cm³/mol. The van der Waals surface area contributed by atoms with Crippen LogP contribution in [0.1, 0.15) is 11.9 Å². The molecule has 0 aliphatic rings. The molecule has 0 saturated heterocycles. The van der Waals surface area contributed by atoms with E-state index in [4.69, 9.17) is 4.74 Å². The first-order valence-corrected chi connectivity index (χ1v) is 4.90. The fraction of sp³-hybridized carbons (Fsp3) is 0.500. The number of ether oxygens (including phenoxy) is 1. The number of anilines is 1. The van der Waals surface area contributed by atoms with Crippen molar-refractivity contribution in [1.29, 1.82) is 0 Å². The third-order valence-electron chi connectivity index (χ3n) is 1.32. The smallest absolute Gasteiger partial charge is 0.251 e. The van der Waals surface area contributed by atoms with Gasteiger partial charge in [-0.3, -0.25) is 4.79 Å². The minimum Gasteiger partial charge on any atom is -0.372 e. The highest BCUT2D eigenvalue weighted by atomic mass is 32.1. The number of aryl methyl sites for hydroxylation is 1. The van der Waals surface area contributed by atoms with E-state index in [0.29, 0.717) is 12.4 Å². The second kappa shape index (κ2) is 4.94. The molecule has 1 aromatic heterocycles. The number of carbonyl (C=O) groups is 1. The Morgan fingerprint density at radius 1 is 1.77 bits per heavy atom. The maximum atomic E-state index is 11.1. The summed E-state index contributed by atoms with van der Waals surface area (Å²) < 4.78 is 4.94. The first-order chi connectivity index (χ1) is 6.22. The molecule has 0 spiro atoms. The van der Waals surface area contributed by atoms with Crippen molar-refractivity contribution < 1.29 is 9.53 Å². The van der Waals surface area contributed by atoms with Gasteiger partial charge in [-0.2, -0.15) is 0 Å². The van der Waals surface area contributed by atoms with Crippen molar-refractivity contribution in [1.82, 2.24) is 4.98 Å². The zero-order chi connectivity index (χ0) is 9.68. The minimum atomic E-state index is -0.160. The van der Waals surface area contributed by atoms with Gasteiger partial charge in [-0.05, 0) is 13.8 Å². The quantitative estimate of drug-likeness (QED) is 0.799. The number of amides is 1. The van der Waals surface area contributed by atoms with Gasteiger partial charge in [0.25, 0.3) is 5.91 Å². The van der Waals surface area contributed by atoms with Crippen LogP contribution in [0.3, 0.4) is 0 Å². The highest BCUT2D eigenvalue weighted by molar-refractivity contribution is 7.09. The van der Waals surface area contributed by atoms with Crippen LogP contribution in [-0.4, -0.2) is 24.1 Å². The molecule has 0 aromatic carbocycles. The average molecular weight is 200 g/mol. The van der Waals surface area contributed by atoms with Crippen molar-refractivity contribution in [3.8, 4) is 0 Å². The Labute approximate surface area is 80.9 Å². The molecule has 0 aliphatic heterocycles. The number of thiazole rings is 1. The van der Waals surface area contributed by atoms with Crippen LogP contribution < -0.4 is 5.32 Å². The van der Waals surface area contributed by atoms with Gasteiger partial charge in [-0.15, -0.1) is 11.3 Å². The summed E-state index contributed by atoms with van der Waals surface area (Å²) in [5.41, 5.74) is 0. The lowest BCUT2D eigenvalue weighted by Crippen LogP contribution is -2.18. The van der Waals surface area contributed by atoms with Gasteiger partial charge in [0.05, 0.1) is 5.01 Å². The van der Waals surface area contributed by atoms with Crippen LogP contribution in [0, 0.1) is 6.92 Å². The summed E-state index contributed by atoms with van der Waals surface area (Å²) >= 11 is 1.50. The predicted octanol–water partition coefficient (Wildman–Crippen LogP) is 1.43. The van der Waals surface area contributed by atoms with Crippen LogP contribution in [0.2, 0.25) is 0 Å². The van der Waals surface area contributed by atoms with Gasteiger partial charge in [0, 0.05) is 12.0 Å². The number of nitrogens with zero attached hydrogens (tertiary/aromatic N) is 1. The highest BCUT2D eigenvalue weighted by Gasteiger charge is 2.03. The van der Waals surface area contributed by atoms with E-state index in [2.05, 4.69) is 10.3 Å². The van der Waals surface area contributed by atoms with Gasteiger partial charge in [0.1, 0.15) is 12.4 Å². The zero-order valence-corrected chi connectivity index (χ0v) is 8.48. The average Bonchev–Trinajstić information content (AvgIpc) is 2.48. The molecule has 0 bridgehead atoms. The molecule has 1 rings (SSSR count). The summed E-state index contributed by atoms with van der Waals surface area (Å²) in [6.07, 6.45) is 0. The van der Waals surface area contributed by atoms with Crippen molar-refractivity contribution in [3.63, 3.8) is 0 Å².